The fraction of sp³-hybridized carbons (Fsp3) is 0.156. The predicted octanol–water partition coefficient (Wildman–Crippen LogP) is 34.2. The fourth-order valence-corrected chi connectivity index (χ4v) is 21.3. The maximum absolute atomic E-state index is 7.11. The first-order chi connectivity index (χ1) is 64.6. The molecule has 5 heterocycles. The molecule has 0 saturated heterocycles. The van der Waals surface area contributed by atoms with Crippen LogP contribution in [0, 0.1) is 0 Å². The van der Waals surface area contributed by atoms with E-state index < -0.39 is 5.41 Å². The van der Waals surface area contributed by atoms with Gasteiger partial charge in [0.05, 0.1) is 22.4 Å². The van der Waals surface area contributed by atoms with Gasteiger partial charge in [0.15, 0.2) is 0 Å². The van der Waals surface area contributed by atoms with E-state index >= 15 is 0 Å². The van der Waals surface area contributed by atoms with Gasteiger partial charge in [0.2, 0.25) is 0 Å². The zero-order valence-electron chi connectivity index (χ0n) is 79.1. The highest BCUT2D eigenvalue weighted by molar-refractivity contribution is 7.00. The molecule has 0 atom stereocenters. The minimum Gasteiger partial charge on any atom is -0.456 e. The summed E-state index contributed by atoms with van der Waals surface area (Å²) >= 11 is 0. The first-order valence-corrected chi connectivity index (χ1v) is 47.5. The van der Waals surface area contributed by atoms with Crippen LogP contribution in [0.1, 0.15) is 132 Å². The molecule has 0 N–H and O–H groups in total. The Morgan fingerprint density at radius 1 is 0.209 bits per heavy atom. The molecule has 6 heteroatoms. The molecule has 134 heavy (non-hydrogen) atoms. The van der Waals surface area contributed by atoms with E-state index in [-0.39, 0.29) is 28.4 Å². The number of fused-ring (bicyclic) bond motifs is 13. The number of para-hydroxylation sites is 2. The smallest absolute Gasteiger partial charge is 0.252 e. The maximum Gasteiger partial charge on any atom is 0.252 e. The molecule has 650 valence electrons. The summed E-state index contributed by atoms with van der Waals surface area (Å²) in [5.41, 5.74) is 41.8. The molecule has 0 amide bonds. The third kappa shape index (κ3) is 14.2. The Bertz CT molecular complexity index is 8210. The average molecular weight is 1730 g/mol. The minimum atomic E-state index is -0.470. The summed E-state index contributed by atoms with van der Waals surface area (Å²) in [7, 11) is 0. The molecule has 2 aliphatic rings. The van der Waals surface area contributed by atoms with Crippen LogP contribution in [0.3, 0.4) is 0 Å². The van der Waals surface area contributed by atoms with Gasteiger partial charge in [-0.25, -0.2) is 0 Å². The van der Waals surface area contributed by atoms with Crippen LogP contribution < -0.4 is 26.2 Å². The van der Waals surface area contributed by atoms with E-state index in [0.717, 1.165) is 189 Å². The second kappa shape index (κ2) is 31.4. The predicted molar refractivity (Wildman–Crippen MR) is 572 cm³/mol. The Kier molecular flexibility index (Phi) is 19.5. The molecule has 21 aromatic rings. The van der Waals surface area contributed by atoms with Crippen molar-refractivity contribution in [3.8, 4) is 106 Å². The summed E-state index contributed by atoms with van der Waals surface area (Å²) < 4.78 is 16.8. The molecule has 0 bridgehead atoms. The van der Waals surface area contributed by atoms with Crippen LogP contribution in [0.2, 0.25) is 0 Å². The van der Waals surface area contributed by atoms with Gasteiger partial charge in [0, 0.05) is 83.0 Å². The second-order valence-electron chi connectivity index (χ2n) is 42.4. The van der Waals surface area contributed by atoms with Crippen molar-refractivity contribution in [3.63, 3.8) is 0 Å². The molecule has 23 rings (SSSR count). The van der Waals surface area contributed by atoms with Crippen LogP contribution in [0.15, 0.2) is 391 Å². The fourth-order valence-electron chi connectivity index (χ4n) is 21.3. The molecule has 0 spiro atoms. The summed E-state index contributed by atoms with van der Waals surface area (Å²) in [5.74, 6) is 0. The SMILES string of the molecule is CC(C)(C)c1cc(-c2ccc3c(c2)N(c2c(-c4cccc(-c5ccccc5)c4)cc(-c4ccccc4)cc2-c2cccc4oc5ccccc5c24)c2cc(C(C)(C)C)cc4c2B3c2ccc(-n3c5ccc(C(C)(C)C)cc5c5cc(C(C)(C)C)ccc53)cc2N4c2c(-c3cccc(-c4ccccc4)c3)cc(-c3ccccc3)cc2-c2cccc3oc4ccccc4c23)cc(C(C)(C)C)c1. The van der Waals surface area contributed by atoms with Crippen LogP contribution >= 0.6 is 0 Å². The normalized spacial score (nSPS) is 13.0. The third-order valence-electron chi connectivity index (χ3n) is 28.5. The Balaban J connectivity index is 0.927. The van der Waals surface area contributed by atoms with Crippen LogP contribution in [0.4, 0.5) is 34.1 Å². The van der Waals surface area contributed by atoms with Crippen LogP contribution in [0.25, 0.3) is 172 Å². The van der Waals surface area contributed by atoms with Crippen molar-refractivity contribution in [2.75, 3.05) is 9.80 Å². The van der Waals surface area contributed by atoms with E-state index in [1.807, 2.05) is 0 Å². The molecule has 0 unspecified atom stereocenters. The Morgan fingerprint density at radius 2 is 0.552 bits per heavy atom. The quantitative estimate of drug-likeness (QED) is 0.114. The topological polar surface area (TPSA) is 37.7 Å². The second-order valence-corrected chi connectivity index (χ2v) is 42.4. The molecule has 3 aromatic heterocycles. The van der Waals surface area contributed by atoms with E-state index in [4.69, 9.17) is 8.83 Å². The number of benzene rings is 18. The molecule has 2 aliphatic heterocycles. The summed E-state index contributed by atoms with van der Waals surface area (Å²) in [6.45, 7) is 35.1. The van der Waals surface area contributed by atoms with Gasteiger partial charge in [-0.2, -0.15) is 0 Å². The number of hydrogen-bond donors (Lipinski definition) is 0. The maximum atomic E-state index is 7.11. The molecule has 0 aliphatic carbocycles. The molecular formula is C128H108BN3O2. The number of anilines is 6. The number of aromatic nitrogens is 1. The molecule has 0 radical (unpaired) electrons. The van der Waals surface area contributed by atoms with Crippen molar-refractivity contribution in [2.45, 2.75) is 131 Å². The standard InChI is InChI=1S/C128H108BN3O2/c1-124(2,3)91-57-62-109-103(74-91)104-75-92(125(4,5)6)58-63-110(104)130(109)96-59-61-108-112(78-96)132(123-102(87-47-33-45-84(65-87)80-38-22-17-23-39-80)69-90(82-42-26-19-27-43-82)71-106(123)98-51-35-55-118-120(98)100-49-29-31-53-116(100)134-118)114-77-95(128(13,14)15)76-113-121(114)129(108)107-60-56-85(88-66-93(126(7,8)9)73-94(67-88)127(10,11)12)72-111(107)131(113)122-101(86-46-32-44-83(64-86)79-36-20-16-21-37-79)68-89(81-40-24-18-25-41-81)70-105(122)97-50-34-54-117-119(97)99-48-28-30-52-115(99)133-117/h16-78H,1-15H3. The van der Waals surface area contributed by atoms with E-state index in [1.165, 1.54) is 60.5 Å². The van der Waals surface area contributed by atoms with Crippen LogP contribution in [-0.2, 0) is 27.1 Å². The van der Waals surface area contributed by atoms with Gasteiger partial charge in [-0.1, -0.05) is 371 Å². The highest BCUT2D eigenvalue weighted by Gasteiger charge is 2.47. The lowest BCUT2D eigenvalue weighted by molar-refractivity contribution is 0.569. The van der Waals surface area contributed by atoms with Gasteiger partial charge in [0.1, 0.15) is 22.3 Å². The van der Waals surface area contributed by atoms with Gasteiger partial charge in [-0.05, 0) is 264 Å². The lowest BCUT2D eigenvalue weighted by Gasteiger charge is -2.46. The summed E-state index contributed by atoms with van der Waals surface area (Å²) in [6.07, 6.45) is 0. The number of rotatable bonds is 12. The lowest BCUT2D eigenvalue weighted by atomic mass is 9.33. The Labute approximate surface area is 787 Å². The van der Waals surface area contributed by atoms with Crippen molar-refractivity contribution in [1.82, 2.24) is 4.57 Å². The molecule has 0 saturated carbocycles. The zero-order chi connectivity index (χ0) is 91.8. The molecule has 18 aromatic carbocycles. The van der Waals surface area contributed by atoms with Gasteiger partial charge in [-0.15, -0.1) is 0 Å². The van der Waals surface area contributed by atoms with Crippen molar-refractivity contribution in [1.29, 1.82) is 0 Å². The van der Waals surface area contributed by atoms with Gasteiger partial charge in [0.25, 0.3) is 6.71 Å². The van der Waals surface area contributed by atoms with Crippen LogP contribution in [0.5, 0.6) is 0 Å². The van der Waals surface area contributed by atoms with E-state index in [9.17, 15) is 0 Å². The molecule has 0 fully saturated rings. The van der Waals surface area contributed by atoms with Crippen molar-refractivity contribution in [2.24, 2.45) is 0 Å². The lowest BCUT2D eigenvalue weighted by Crippen LogP contribution is -2.61. The molecular weight excluding hydrogens is 1620 g/mol. The van der Waals surface area contributed by atoms with Crippen LogP contribution in [-0.4, -0.2) is 11.3 Å². The summed E-state index contributed by atoms with van der Waals surface area (Å²) in [6, 6.07) is 146. The van der Waals surface area contributed by atoms with Crippen molar-refractivity contribution < 1.29 is 8.83 Å². The largest absolute Gasteiger partial charge is 0.456 e. The minimum absolute atomic E-state index is 0.114. The summed E-state index contributed by atoms with van der Waals surface area (Å²) in [4.78, 5) is 5.54. The first kappa shape index (κ1) is 83.4. The number of nitrogens with zero attached hydrogens (tertiary/aromatic N) is 3. The van der Waals surface area contributed by atoms with Gasteiger partial charge >= 0.3 is 0 Å². The number of hydrogen-bond acceptors (Lipinski definition) is 4. The Hall–Kier alpha value is -15.0. The first-order valence-electron chi connectivity index (χ1n) is 47.5. The van der Waals surface area contributed by atoms with Gasteiger partial charge in [-0.3, -0.25) is 0 Å². The van der Waals surface area contributed by atoms with Crippen molar-refractivity contribution >= 4 is 123 Å². The number of furan rings is 2. The zero-order valence-corrected chi connectivity index (χ0v) is 79.1. The average Bonchev–Trinajstić information content (AvgIpc) is 0.729. The monoisotopic (exact) mass is 1730 g/mol. The highest BCUT2D eigenvalue weighted by atomic mass is 16.3. The van der Waals surface area contributed by atoms with E-state index in [2.05, 4.69) is 500 Å². The third-order valence-corrected chi connectivity index (χ3v) is 28.5. The molecule has 5 nitrogen and oxygen atoms in total. The Morgan fingerprint density at radius 3 is 0.985 bits per heavy atom. The summed E-state index contributed by atoms with van der Waals surface area (Å²) in [5, 5.41) is 6.68. The van der Waals surface area contributed by atoms with E-state index in [0.29, 0.717) is 0 Å². The highest BCUT2D eigenvalue weighted by Crippen LogP contribution is 2.59. The van der Waals surface area contributed by atoms with E-state index in [1.54, 1.807) is 0 Å². The van der Waals surface area contributed by atoms with Gasteiger partial charge < -0.3 is 23.2 Å². The van der Waals surface area contributed by atoms with Crippen molar-refractivity contribution in [3.05, 3.63) is 410 Å².